The zero-order chi connectivity index (χ0) is 13.4. The number of nitrogens with zero attached hydrogens (tertiary/aromatic N) is 1. The summed E-state index contributed by atoms with van der Waals surface area (Å²) in [7, 11) is 0. The van der Waals surface area contributed by atoms with E-state index in [-0.39, 0.29) is 5.92 Å². The minimum absolute atomic E-state index is 0.200. The van der Waals surface area contributed by atoms with Gasteiger partial charge in [0.1, 0.15) is 0 Å². The van der Waals surface area contributed by atoms with Crippen LogP contribution in [0.2, 0.25) is 0 Å². The van der Waals surface area contributed by atoms with Gasteiger partial charge in [-0.2, -0.15) is 0 Å². The van der Waals surface area contributed by atoms with Gasteiger partial charge >= 0.3 is 0 Å². The third-order valence-electron chi connectivity index (χ3n) is 4.32. The van der Waals surface area contributed by atoms with E-state index in [0.717, 1.165) is 30.4 Å². The van der Waals surface area contributed by atoms with E-state index in [0.29, 0.717) is 24.3 Å². The Morgan fingerprint density at radius 2 is 2.32 bits per heavy atom. The quantitative estimate of drug-likeness (QED) is 0.928. The van der Waals surface area contributed by atoms with Crippen LogP contribution in [0.15, 0.2) is 28.7 Å². The van der Waals surface area contributed by atoms with E-state index in [1.54, 1.807) is 0 Å². The zero-order valence-corrected chi connectivity index (χ0v) is 12.5. The maximum atomic E-state index is 12.4. The molecule has 4 heteroatoms. The van der Waals surface area contributed by atoms with Crippen molar-refractivity contribution in [1.82, 2.24) is 4.90 Å². The Balaban J connectivity index is 1.62. The summed E-state index contributed by atoms with van der Waals surface area (Å²) in [5.74, 6) is 1.46. The van der Waals surface area contributed by atoms with E-state index < -0.39 is 0 Å². The molecule has 0 bridgehead atoms. The van der Waals surface area contributed by atoms with Crippen LogP contribution in [-0.4, -0.2) is 30.4 Å². The molecule has 19 heavy (non-hydrogen) atoms. The fraction of sp³-hybridized carbons (Fsp3) is 0.533. The second-order valence-corrected chi connectivity index (χ2v) is 6.59. The Labute approximate surface area is 122 Å². The van der Waals surface area contributed by atoms with Crippen molar-refractivity contribution in [3.63, 3.8) is 0 Å². The first-order valence-corrected chi connectivity index (χ1v) is 7.72. The Hall–Kier alpha value is -0.870. The largest absolute Gasteiger partial charge is 0.342 e. The van der Waals surface area contributed by atoms with Crippen molar-refractivity contribution in [3.8, 4) is 0 Å². The molecular weight excluding hydrogens is 304 g/mol. The van der Waals surface area contributed by atoms with Crippen LogP contribution >= 0.6 is 15.9 Å². The first-order valence-electron chi connectivity index (χ1n) is 6.93. The highest BCUT2D eigenvalue weighted by molar-refractivity contribution is 9.10. The van der Waals surface area contributed by atoms with Crippen LogP contribution in [0.5, 0.6) is 0 Å². The lowest BCUT2D eigenvalue weighted by molar-refractivity contribution is -0.131. The number of rotatable bonds is 3. The fourth-order valence-electron chi connectivity index (χ4n) is 3.03. The first-order chi connectivity index (χ1) is 9.19. The molecule has 1 saturated carbocycles. The molecule has 3 nitrogen and oxygen atoms in total. The van der Waals surface area contributed by atoms with Crippen LogP contribution < -0.4 is 5.73 Å². The van der Waals surface area contributed by atoms with Gasteiger partial charge in [-0.1, -0.05) is 28.1 Å². The lowest BCUT2D eigenvalue weighted by Crippen LogP contribution is -2.31. The minimum Gasteiger partial charge on any atom is -0.342 e. The minimum atomic E-state index is 0.200. The molecule has 1 aliphatic carbocycles. The number of benzene rings is 1. The highest BCUT2D eigenvalue weighted by atomic mass is 79.9. The Morgan fingerprint density at radius 1 is 1.47 bits per heavy atom. The van der Waals surface area contributed by atoms with Crippen molar-refractivity contribution in [1.29, 1.82) is 0 Å². The SMILES string of the molecule is NC[C@@H]1CCN(C(=O)[C@H]2C[C@H]2c2cccc(Br)c2)C1. The molecule has 0 radical (unpaired) electrons. The van der Waals surface area contributed by atoms with E-state index in [2.05, 4.69) is 28.1 Å². The number of halogens is 1. The number of likely N-dealkylation sites (tertiary alicyclic amines) is 1. The summed E-state index contributed by atoms with van der Waals surface area (Å²) in [6, 6.07) is 8.31. The Kier molecular flexibility index (Phi) is 3.63. The number of nitrogens with two attached hydrogens (primary N) is 1. The van der Waals surface area contributed by atoms with Gasteiger partial charge in [0.2, 0.25) is 5.91 Å². The van der Waals surface area contributed by atoms with Crippen LogP contribution in [0, 0.1) is 11.8 Å². The van der Waals surface area contributed by atoms with Gasteiger partial charge in [0.05, 0.1) is 0 Å². The first kappa shape index (κ1) is 13.1. The summed E-state index contributed by atoms with van der Waals surface area (Å²) in [5.41, 5.74) is 6.96. The van der Waals surface area contributed by atoms with Gasteiger partial charge < -0.3 is 10.6 Å². The summed E-state index contributed by atoms with van der Waals surface area (Å²) in [6.07, 6.45) is 2.07. The molecule has 1 heterocycles. The molecule has 1 aliphatic heterocycles. The van der Waals surface area contributed by atoms with Gasteiger partial charge in [0.25, 0.3) is 0 Å². The van der Waals surface area contributed by atoms with Crippen LogP contribution in [-0.2, 0) is 4.79 Å². The van der Waals surface area contributed by atoms with E-state index >= 15 is 0 Å². The molecule has 1 aromatic rings. The number of hydrogen-bond acceptors (Lipinski definition) is 2. The van der Waals surface area contributed by atoms with E-state index in [1.165, 1.54) is 5.56 Å². The van der Waals surface area contributed by atoms with Crippen LogP contribution in [0.25, 0.3) is 0 Å². The van der Waals surface area contributed by atoms with Crippen molar-refractivity contribution in [3.05, 3.63) is 34.3 Å². The van der Waals surface area contributed by atoms with Crippen molar-refractivity contribution in [2.24, 2.45) is 17.6 Å². The zero-order valence-electron chi connectivity index (χ0n) is 10.9. The molecule has 102 valence electrons. The summed E-state index contributed by atoms with van der Waals surface area (Å²) >= 11 is 3.49. The fourth-order valence-corrected chi connectivity index (χ4v) is 3.45. The summed E-state index contributed by atoms with van der Waals surface area (Å²) < 4.78 is 1.09. The van der Waals surface area contributed by atoms with E-state index in [4.69, 9.17) is 5.73 Å². The monoisotopic (exact) mass is 322 g/mol. The molecule has 0 spiro atoms. The molecule has 1 saturated heterocycles. The van der Waals surface area contributed by atoms with Crippen molar-refractivity contribution >= 4 is 21.8 Å². The average Bonchev–Trinajstić information content (AvgIpc) is 3.07. The Bertz CT molecular complexity index is 491. The van der Waals surface area contributed by atoms with Gasteiger partial charge in [-0.3, -0.25) is 4.79 Å². The summed E-state index contributed by atoms with van der Waals surface area (Å²) in [6.45, 7) is 2.45. The molecule has 2 aliphatic rings. The van der Waals surface area contributed by atoms with E-state index in [1.807, 2.05) is 17.0 Å². The molecule has 2 N–H and O–H groups in total. The van der Waals surface area contributed by atoms with E-state index in [9.17, 15) is 4.79 Å². The predicted octanol–water partition coefficient (Wildman–Crippen LogP) is 2.36. The average molecular weight is 323 g/mol. The van der Waals surface area contributed by atoms with Crippen molar-refractivity contribution < 1.29 is 4.79 Å². The third kappa shape index (κ3) is 2.70. The van der Waals surface area contributed by atoms with Gasteiger partial charge in [0.15, 0.2) is 0 Å². The third-order valence-corrected chi connectivity index (χ3v) is 4.81. The standard InChI is InChI=1S/C15H19BrN2O/c16-12-3-1-2-11(6-12)13-7-14(13)15(19)18-5-4-10(8-17)9-18/h1-3,6,10,13-14H,4-5,7-9,17H2/t10-,13-,14-/m0/s1. The highest BCUT2D eigenvalue weighted by Crippen LogP contribution is 2.49. The summed E-state index contributed by atoms with van der Waals surface area (Å²) in [4.78, 5) is 14.4. The number of carbonyl (C=O) groups is 1. The van der Waals surface area contributed by atoms with Crippen LogP contribution in [0.4, 0.5) is 0 Å². The maximum absolute atomic E-state index is 12.4. The van der Waals surface area contributed by atoms with Gasteiger partial charge in [-0.15, -0.1) is 0 Å². The highest BCUT2D eigenvalue weighted by Gasteiger charge is 2.46. The second-order valence-electron chi connectivity index (χ2n) is 5.68. The van der Waals surface area contributed by atoms with Gasteiger partial charge in [0, 0.05) is 23.5 Å². The number of amides is 1. The van der Waals surface area contributed by atoms with Crippen LogP contribution in [0.1, 0.15) is 24.3 Å². The van der Waals surface area contributed by atoms with Gasteiger partial charge in [-0.05, 0) is 48.9 Å². The van der Waals surface area contributed by atoms with Crippen molar-refractivity contribution in [2.75, 3.05) is 19.6 Å². The molecule has 0 unspecified atom stereocenters. The molecule has 0 aromatic heterocycles. The van der Waals surface area contributed by atoms with Crippen LogP contribution in [0.3, 0.4) is 0 Å². The molecule has 3 rings (SSSR count). The lowest BCUT2D eigenvalue weighted by atomic mass is 10.1. The Morgan fingerprint density at radius 3 is 3.00 bits per heavy atom. The number of hydrogen-bond donors (Lipinski definition) is 1. The molecule has 2 fully saturated rings. The number of carbonyl (C=O) groups excluding carboxylic acids is 1. The topological polar surface area (TPSA) is 46.3 Å². The molecule has 3 atom stereocenters. The second kappa shape index (κ2) is 5.25. The van der Waals surface area contributed by atoms with Gasteiger partial charge in [-0.25, -0.2) is 0 Å². The summed E-state index contributed by atoms with van der Waals surface area (Å²) in [5, 5.41) is 0. The predicted molar refractivity (Wildman–Crippen MR) is 78.7 cm³/mol. The molecular formula is C15H19BrN2O. The maximum Gasteiger partial charge on any atom is 0.226 e. The normalized spacial score (nSPS) is 29.6. The lowest BCUT2D eigenvalue weighted by Gasteiger charge is -2.16. The smallest absolute Gasteiger partial charge is 0.226 e. The molecule has 1 aromatic carbocycles. The molecule has 1 amide bonds. The van der Waals surface area contributed by atoms with Crippen molar-refractivity contribution in [2.45, 2.75) is 18.8 Å².